The molecule has 6 nitrogen and oxygen atoms in total. The molecule has 0 unspecified atom stereocenters. The van der Waals surface area contributed by atoms with Crippen LogP contribution in [0.15, 0.2) is 47.5 Å². The first-order chi connectivity index (χ1) is 12.1. The molecule has 0 fully saturated rings. The van der Waals surface area contributed by atoms with Gasteiger partial charge in [0.05, 0.1) is 5.69 Å². The van der Waals surface area contributed by atoms with Crippen LogP contribution in [0, 0.1) is 5.82 Å². The molecule has 0 radical (unpaired) electrons. The summed E-state index contributed by atoms with van der Waals surface area (Å²) in [6, 6.07) is 7.61. The maximum atomic E-state index is 13.0. The van der Waals surface area contributed by atoms with E-state index in [-0.39, 0.29) is 23.7 Å². The molecule has 1 amide bonds. The molecule has 2 aromatic heterocycles. The van der Waals surface area contributed by atoms with Crippen LogP contribution in [0.4, 0.5) is 4.39 Å². The smallest absolute Gasteiger partial charge is 0.276 e. The molecule has 1 aromatic carbocycles. The summed E-state index contributed by atoms with van der Waals surface area (Å²) in [6.45, 7) is 2.93. The van der Waals surface area contributed by atoms with Crippen LogP contribution in [0.1, 0.15) is 19.8 Å². The Morgan fingerprint density at radius 3 is 2.72 bits per heavy atom. The Balaban J connectivity index is 1.83. The van der Waals surface area contributed by atoms with Gasteiger partial charge in [-0.25, -0.2) is 8.91 Å². The van der Waals surface area contributed by atoms with Crippen molar-refractivity contribution in [2.75, 3.05) is 6.54 Å². The largest absolute Gasteiger partial charge is 0.356 e. The number of nitrogens with one attached hydrogen (secondary N) is 1. The molecule has 130 valence electrons. The fourth-order valence-corrected chi connectivity index (χ4v) is 2.54. The average Bonchev–Trinajstić information content (AvgIpc) is 3.05. The lowest BCUT2D eigenvalue weighted by molar-refractivity contribution is -0.121. The molecule has 25 heavy (non-hydrogen) atoms. The van der Waals surface area contributed by atoms with Crippen molar-refractivity contribution in [3.63, 3.8) is 0 Å². The second kappa shape index (κ2) is 7.29. The highest BCUT2D eigenvalue weighted by Gasteiger charge is 2.10. The van der Waals surface area contributed by atoms with Crippen molar-refractivity contribution in [2.24, 2.45) is 0 Å². The van der Waals surface area contributed by atoms with E-state index in [9.17, 15) is 14.0 Å². The van der Waals surface area contributed by atoms with Crippen LogP contribution in [0.5, 0.6) is 0 Å². The lowest BCUT2D eigenvalue weighted by Crippen LogP contribution is -2.28. The number of halogens is 1. The lowest BCUT2D eigenvalue weighted by Gasteiger charge is -2.06. The number of carbonyl (C=O) groups is 1. The van der Waals surface area contributed by atoms with Gasteiger partial charge >= 0.3 is 0 Å². The van der Waals surface area contributed by atoms with Gasteiger partial charge in [-0.3, -0.25) is 9.59 Å². The van der Waals surface area contributed by atoms with E-state index in [2.05, 4.69) is 10.4 Å². The first kappa shape index (κ1) is 16.9. The molecule has 0 saturated carbocycles. The second-order valence-corrected chi connectivity index (χ2v) is 5.76. The highest BCUT2D eigenvalue weighted by Crippen LogP contribution is 2.18. The Morgan fingerprint density at radius 1 is 1.24 bits per heavy atom. The van der Waals surface area contributed by atoms with Crippen molar-refractivity contribution < 1.29 is 9.18 Å². The standard InChI is InChI=1S/C18H19FN4O2/c1-2-8-20-17(24)7-9-22-10-11-23-16(18(22)25)12-15(21-23)13-3-5-14(19)6-4-13/h3-6,10-12H,2,7-9H2,1H3,(H,20,24). The van der Waals surface area contributed by atoms with E-state index in [1.807, 2.05) is 6.92 Å². The normalized spacial score (nSPS) is 11.0. The molecule has 0 bridgehead atoms. The van der Waals surface area contributed by atoms with Crippen molar-refractivity contribution in [3.8, 4) is 11.3 Å². The summed E-state index contributed by atoms with van der Waals surface area (Å²) in [5.41, 5.74) is 1.52. The van der Waals surface area contributed by atoms with Crippen LogP contribution in [-0.2, 0) is 11.3 Å². The maximum Gasteiger partial charge on any atom is 0.276 e. The van der Waals surface area contributed by atoms with Crippen molar-refractivity contribution in [1.82, 2.24) is 19.5 Å². The molecule has 0 spiro atoms. The van der Waals surface area contributed by atoms with Gasteiger partial charge in [-0.1, -0.05) is 6.92 Å². The van der Waals surface area contributed by atoms with Crippen molar-refractivity contribution >= 4 is 11.4 Å². The van der Waals surface area contributed by atoms with E-state index < -0.39 is 0 Å². The predicted octanol–water partition coefficient (Wildman–Crippen LogP) is 2.22. The predicted molar refractivity (Wildman–Crippen MR) is 92.8 cm³/mol. The molecule has 7 heteroatoms. The van der Waals surface area contributed by atoms with Gasteiger partial charge in [0.1, 0.15) is 11.3 Å². The van der Waals surface area contributed by atoms with Crippen LogP contribution < -0.4 is 10.9 Å². The van der Waals surface area contributed by atoms with Gasteiger partial charge in [0.2, 0.25) is 5.91 Å². The average molecular weight is 342 g/mol. The Bertz CT molecular complexity index is 944. The molecule has 2 heterocycles. The zero-order valence-electron chi connectivity index (χ0n) is 13.9. The molecule has 3 aromatic rings. The summed E-state index contributed by atoms with van der Waals surface area (Å²) in [5, 5.41) is 7.14. The third-order valence-electron chi connectivity index (χ3n) is 3.90. The van der Waals surface area contributed by atoms with E-state index in [0.29, 0.717) is 24.3 Å². The minimum atomic E-state index is -0.323. The van der Waals surface area contributed by atoms with Gasteiger partial charge < -0.3 is 9.88 Å². The second-order valence-electron chi connectivity index (χ2n) is 5.76. The molecule has 0 aliphatic carbocycles. The van der Waals surface area contributed by atoms with Crippen LogP contribution in [-0.4, -0.2) is 26.6 Å². The molecular weight excluding hydrogens is 323 g/mol. The Morgan fingerprint density at radius 2 is 2.00 bits per heavy atom. The number of aryl methyl sites for hydroxylation is 1. The zero-order chi connectivity index (χ0) is 17.8. The number of carbonyl (C=O) groups excluding carboxylic acids is 1. The van der Waals surface area contributed by atoms with E-state index in [4.69, 9.17) is 0 Å². The van der Waals surface area contributed by atoms with Crippen LogP contribution in [0.25, 0.3) is 16.8 Å². The summed E-state index contributed by atoms with van der Waals surface area (Å²) >= 11 is 0. The van der Waals surface area contributed by atoms with Gasteiger partial charge in [-0.15, -0.1) is 0 Å². The fraction of sp³-hybridized carbons (Fsp3) is 0.278. The first-order valence-electron chi connectivity index (χ1n) is 8.20. The monoisotopic (exact) mass is 342 g/mol. The number of hydrogen-bond donors (Lipinski definition) is 1. The number of nitrogens with zero attached hydrogens (tertiary/aromatic N) is 3. The van der Waals surface area contributed by atoms with E-state index in [0.717, 1.165) is 12.0 Å². The van der Waals surface area contributed by atoms with Crippen LogP contribution in [0.3, 0.4) is 0 Å². The van der Waals surface area contributed by atoms with E-state index >= 15 is 0 Å². The molecule has 0 aliphatic rings. The topological polar surface area (TPSA) is 68.4 Å². The Kier molecular flexibility index (Phi) is 4.92. The summed E-state index contributed by atoms with van der Waals surface area (Å²) in [4.78, 5) is 24.3. The zero-order valence-corrected chi connectivity index (χ0v) is 13.9. The maximum absolute atomic E-state index is 13.0. The van der Waals surface area contributed by atoms with Crippen molar-refractivity contribution in [1.29, 1.82) is 0 Å². The van der Waals surface area contributed by atoms with Crippen molar-refractivity contribution in [3.05, 3.63) is 58.9 Å². The third kappa shape index (κ3) is 3.76. The molecule has 0 aliphatic heterocycles. The quantitative estimate of drug-likeness (QED) is 0.747. The van der Waals surface area contributed by atoms with E-state index in [1.165, 1.54) is 21.2 Å². The van der Waals surface area contributed by atoms with Gasteiger partial charge in [-0.2, -0.15) is 5.10 Å². The Hall–Kier alpha value is -2.96. The van der Waals surface area contributed by atoms with Gasteiger partial charge in [0.15, 0.2) is 0 Å². The molecule has 0 saturated heterocycles. The minimum Gasteiger partial charge on any atom is -0.356 e. The summed E-state index contributed by atoms with van der Waals surface area (Å²) in [7, 11) is 0. The number of benzene rings is 1. The summed E-state index contributed by atoms with van der Waals surface area (Å²) < 4.78 is 16.0. The van der Waals surface area contributed by atoms with Crippen LogP contribution in [0.2, 0.25) is 0 Å². The highest BCUT2D eigenvalue weighted by molar-refractivity contribution is 5.75. The SMILES string of the molecule is CCCNC(=O)CCn1ccn2nc(-c3ccc(F)cc3)cc2c1=O. The molecular formula is C18H19FN4O2. The Labute approximate surface area is 143 Å². The lowest BCUT2D eigenvalue weighted by atomic mass is 10.1. The number of hydrogen-bond acceptors (Lipinski definition) is 3. The third-order valence-corrected chi connectivity index (χ3v) is 3.90. The number of aromatic nitrogens is 3. The minimum absolute atomic E-state index is 0.0749. The number of amides is 1. The van der Waals surface area contributed by atoms with Gasteiger partial charge in [-0.05, 0) is 36.8 Å². The fourth-order valence-electron chi connectivity index (χ4n) is 2.54. The summed E-state index contributed by atoms with van der Waals surface area (Å²) in [6.07, 6.45) is 4.41. The molecule has 3 rings (SSSR count). The number of fused-ring (bicyclic) bond motifs is 1. The van der Waals surface area contributed by atoms with Crippen molar-refractivity contribution in [2.45, 2.75) is 26.3 Å². The van der Waals surface area contributed by atoms with Gasteiger partial charge in [0, 0.05) is 37.5 Å². The number of rotatable bonds is 6. The molecule has 1 N–H and O–H groups in total. The van der Waals surface area contributed by atoms with Crippen LogP contribution >= 0.6 is 0 Å². The first-order valence-corrected chi connectivity index (χ1v) is 8.20. The van der Waals surface area contributed by atoms with Gasteiger partial charge in [0.25, 0.3) is 5.56 Å². The summed E-state index contributed by atoms with van der Waals surface area (Å²) in [5.74, 6) is -0.398. The highest BCUT2D eigenvalue weighted by atomic mass is 19.1. The molecule has 0 atom stereocenters. The van der Waals surface area contributed by atoms with E-state index in [1.54, 1.807) is 30.6 Å².